The summed E-state index contributed by atoms with van der Waals surface area (Å²) >= 11 is 0. The summed E-state index contributed by atoms with van der Waals surface area (Å²) in [4.78, 5) is 34.4. The number of amides is 1. The Hall–Kier alpha value is -3.73. The molecule has 1 aliphatic rings. The molecule has 1 aliphatic heterocycles. The summed E-state index contributed by atoms with van der Waals surface area (Å²) in [5.41, 5.74) is 5.72. The third-order valence-electron chi connectivity index (χ3n) is 6.08. The standard InChI is InChI=1S/C24H25F3N6O2/c1-12-6-16(24(25,26)27)7-13(2)20(12)33-11-30-21(28)19(23(33)35)22(34)32-17-8-15(9-29-10-17)18-5-4-14(3)31-18/h6-11,14,18,31H,4-5,28H2,1-3H3,(H,32,34)/t14-,18-/m1/s1. The van der Waals surface area contributed by atoms with Crippen molar-refractivity contribution < 1.29 is 18.0 Å². The average Bonchev–Trinajstić information content (AvgIpc) is 3.20. The number of anilines is 2. The van der Waals surface area contributed by atoms with Crippen molar-refractivity contribution >= 4 is 17.4 Å². The molecule has 4 N–H and O–H groups in total. The molecule has 4 rings (SSSR count). The molecule has 2 aromatic heterocycles. The van der Waals surface area contributed by atoms with Crippen molar-refractivity contribution in [2.75, 3.05) is 11.1 Å². The van der Waals surface area contributed by atoms with Crippen molar-refractivity contribution in [2.24, 2.45) is 0 Å². The van der Waals surface area contributed by atoms with Crippen LogP contribution in [0.5, 0.6) is 0 Å². The molecular weight excluding hydrogens is 461 g/mol. The number of rotatable bonds is 4. The van der Waals surface area contributed by atoms with Crippen molar-refractivity contribution in [1.82, 2.24) is 19.9 Å². The van der Waals surface area contributed by atoms with Crippen LogP contribution in [0.3, 0.4) is 0 Å². The number of pyridine rings is 1. The SMILES string of the molecule is Cc1cc(C(F)(F)F)cc(C)c1-n1cnc(N)c(C(=O)Nc2cncc([C@H]3CC[C@@H](C)N3)c2)c1=O. The number of hydrogen-bond donors (Lipinski definition) is 3. The molecule has 0 saturated carbocycles. The van der Waals surface area contributed by atoms with Gasteiger partial charge in [0.1, 0.15) is 17.7 Å². The number of halogens is 3. The van der Waals surface area contributed by atoms with Gasteiger partial charge in [-0.05, 0) is 68.5 Å². The summed E-state index contributed by atoms with van der Waals surface area (Å²) in [6.07, 6.45) is 1.70. The second kappa shape index (κ2) is 9.14. The van der Waals surface area contributed by atoms with E-state index < -0.39 is 28.8 Å². The van der Waals surface area contributed by atoms with E-state index in [1.165, 1.54) is 20.0 Å². The Morgan fingerprint density at radius 1 is 1.17 bits per heavy atom. The molecule has 3 heterocycles. The number of nitrogens with two attached hydrogens (primary N) is 1. The molecule has 8 nitrogen and oxygen atoms in total. The van der Waals surface area contributed by atoms with Gasteiger partial charge in [-0.2, -0.15) is 13.2 Å². The van der Waals surface area contributed by atoms with Gasteiger partial charge in [0.05, 0.1) is 23.1 Å². The van der Waals surface area contributed by atoms with E-state index in [9.17, 15) is 22.8 Å². The lowest BCUT2D eigenvalue weighted by atomic mass is 10.0. The van der Waals surface area contributed by atoms with Crippen LogP contribution in [-0.2, 0) is 6.18 Å². The normalized spacial score (nSPS) is 18.0. The number of benzene rings is 1. The van der Waals surface area contributed by atoms with E-state index in [2.05, 4.69) is 27.5 Å². The van der Waals surface area contributed by atoms with E-state index in [-0.39, 0.29) is 28.7 Å². The number of nitrogen functional groups attached to an aromatic ring is 1. The number of nitrogens with one attached hydrogen (secondary N) is 2. The minimum Gasteiger partial charge on any atom is -0.383 e. The first-order valence-corrected chi connectivity index (χ1v) is 11.0. The van der Waals surface area contributed by atoms with Crippen LogP contribution >= 0.6 is 0 Å². The third kappa shape index (κ3) is 4.90. The largest absolute Gasteiger partial charge is 0.416 e. The summed E-state index contributed by atoms with van der Waals surface area (Å²) in [7, 11) is 0. The molecule has 0 unspecified atom stereocenters. The van der Waals surface area contributed by atoms with Crippen LogP contribution in [0.2, 0.25) is 0 Å². The Morgan fingerprint density at radius 2 is 1.86 bits per heavy atom. The first-order chi connectivity index (χ1) is 16.5. The zero-order chi connectivity index (χ0) is 25.5. The highest BCUT2D eigenvalue weighted by Gasteiger charge is 2.32. The van der Waals surface area contributed by atoms with Gasteiger partial charge < -0.3 is 16.4 Å². The van der Waals surface area contributed by atoms with Crippen LogP contribution in [-0.4, -0.2) is 26.5 Å². The quantitative estimate of drug-likeness (QED) is 0.515. The molecule has 2 atom stereocenters. The summed E-state index contributed by atoms with van der Waals surface area (Å²) in [6, 6.07) is 4.15. The number of alkyl halides is 3. The van der Waals surface area contributed by atoms with Crippen molar-refractivity contribution in [2.45, 2.75) is 51.9 Å². The van der Waals surface area contributed by atoms with Crippen LogP contribution in [0.15, 0.2) is 41.7 Å². The molecule has 1 amide bonds. The first-order valence-electron chi connectivity index (χ1n) is 11.0. The van der Waals surface area contributed by atoms with Gasteiger partial charge in [-0.1, -0.05) is 0 Å². The summed E-state index contributed by atoms with van der Waals surface area (Å²) < 4.78 is 40.6. The second-order valence-electron chi connectivity index (χ2n) is 8.80. The monoisotopic (exact) mass is 486 g/mol. The number of aryl methyl sites for hydroxylation is 2. The fourth-order valence-electron chi connectivity index (χ4n) is 4.44. The Morgan fingerprint density at radius 3 is 2.46 bits per heavy atom. The molecular formula is C24H25F3N6O2. The molecule has 1 saturated heterocycles. The minimum absolute atomic E-state index is 0.112. The van der Waals surface area contributed by atoms with E-state index >= 15 is 0 Å². The fourth-order valence-corrected chi connectivity index (χ4v) is 4.44. The van der Waals surface area contributed by atoms with Crippen LogP contribution < -0.4 is 21.9 Å². The van der Waals surface area contributed by atoms with Crippen molar-refractivity contribution in [3.05, 3.63) is 75.1 Å². The van der Waals surface area contributed by atoms with Crippen LogP contribution in [0, 0.1) is 13.8 Å². The van der Waals surface area contributed by atoms with Gasteiger partial charge in [-0.15, -0.1) is 0 Å². The minimum atomic E-state index is -4.53. The Bertz CT molecular complexity index is 1330. The maximum atomic E-state index is 13.3. The van der Waals surface area contributed by atoms with Gasteiger partial charge in [0.2, 0.25) is 0 Å². The number of aromatic nitrogens is 3. The lowest BCUT2D eigenvalue weighted by Crippen LogP contribution is -2.31. The number of hydrogen-bond acceptors (Lipinski definition) is 6. The first kappa shape index (κ1) is 24.4. The van der Waals surface area contributed by atoms with Crippen molar-refractivity contribution in [3.63, 3.8) is 0 Å². The topological polar surface area (TPSA) is 115 Å². The second-order valence-corrected chi connectivity index (χ2v) is 8.80. The fraction of sp³-hybridized carbons (Fsp3) is 0.333. The maximum Gasteiger partial charge on any atom is 0.416 e. The van der Waals surface area contributed by atoms with Crippen molar-refractivity contribution in [1.29, 1.82) is 0 Å². The third-order valence-corrected chi connectivity index (χ3v) is 6.08. The molecule has 0 bridgehead atoms. The van der Waals surface area contributed by atoms with Gasteiger partial charge in [-0.25, -0.2) is 4.98 Å². The molecule has 1 fully saturated rings. The highest BCUT2D eigenvalue weighted by molar-refractivity contribution is 6.06. The number of carbonyl (C=O) groups is 1. The Kier molecular flexibility index (Phi) is 6.37. The highest BCUT2D eigenvalue weighted by atomic mass is 19.4. The zero-order valence-corrected chi connectivity index (χ0v) is 19.4. The number of nitrogens with zero attached hydrogens (tertiary/aromatic N) is 3. The van der Waals surface area contributed by atoms with Gasteiger partial charge in [0, 0.05) is 18.3 Å². The van der Waals surface area contributed by atoms with Gasteiger partial charge in [0.15, 0.2) is 0 Å². The molecule has 184 valence electrons. The lowest BCUT2D eigenvalue weighted by molar-refractivity contribution is -0.137. The molecule has 0 radical (unpaired) electrons. The van der Waals surface area contributed by atoms with Gasteiger partial charge in [0.25, 0.3) is 11.5 Å². The predicted octanol–water partition coefficient (Wildman–Crippen LogP) is 3.91. The number of carbonyl (C=O) groups excluding carboxylic acids is 1. The molecule has 3 aromatic rings. The Labute approximate surface area is 199 Å². The van der Waals surface area contributed by atoms with E-state index in [1.54, 1.807) is 12.3 Å². The zero-order valence-electron chi connectivity index (χ0n) is 19.4. The van der Waals surface area contributed by atoms with Gasteiger partial charge in [-0.3, -0.25) is 19.1 Å². The van der Waals surface area contributed by atoms with Crippen LogP contribution in [0.25, 0.3) is 5.69 Å². The molecule has 1 aromatic carbocycles. The predicted molar refractivity (Wildman–Crippen MR) is 125 cm³/mol. The van der Waals surface area contributed by atoms with Gasteiger partial charge >= 0.3 is 6.18 Å². The highest BCUT2D eigenvalue weighted by Crippen LogP contribution is 2.33. The van der Waals surface area contributed by atoms with Crippen molar-refractivity contribution in [3.8, 4) is 5.69 Å². The smallest absolute Gasteiger partial charge is 0.383 e. The van der Waals surface area contributed by atoms with Crippen LogP contribution in [0.1, 0.15) is 58.4 Å². The van der Waals surface area contributed by atoms with E-state index in [4.69, 9.17) is 5.73 Å². The summed E-state index contributed by atoms with van der Waals surface area (Å²) in [6.45, 7) is 5.00. The molecule has 11 heteroatoms. The van der Waals surface area contributed by atoms with E-state index in [1.807, 2.05) is 0 Å². The van der Waals surface area contributed by atoms with Crippen LogP contribution in [0.4, 0.5) is 24.7 Å². The van der Waals surface area contributed by atoms with E-state index in [0.29, 0.717) is 11.7 Å². The maximum absolute atomic E-state index is 13.3. The molecule has 0 aliphatic carbocycles. The lowest BCUT2D eigenvalue weighted by Gasteiger charge is -2.17. The van der Waals surface area contributed by atoms with E-state index in [0.717, 1.165) is 41.4 Å². The molecule has 0 spiro atoms. The Balaban J connectivity index is 1.68. The summed E-state index contributed by atoms with van der Waals surface area (Å²) in [5, 5.41) is 6.08. The average molecular weight is 486 g/mol. The summed E-state index contributed by atoms with van der Waals surface area (Å²) in [5.74, 6) is -1.08. The molecule has 35 heavy (non-hydrogen) atoms.